The van der Waals surface area contributed by atoms with Crippen molar-refractivity contribution in [2.45, 2.75) is 13.8 Å². The molecule has 3 aromatic carbocycles. The SMILES string of the molecule is COc1ccccc1/C=N/Nc1nc(Nc2ccccc2)nc(Nc2ccc(C)cc2C)n1. The summed E-state index contributed by atoms with van der Waals surface area (Å²) >= 11 is 0. The van der Waals surface area contributed by atoms with E-state index in [-0.39, 0.29) is 0 Å². The van der Waals surface area contributed by atoms with E-state index in [2.05, 4.69) is 49.1 Å². The van der Waals surface area contributed by atoms with Crippen LogP contribution in [0, 0.1) is 13.8 Å². The molecule has 3 N–H and O–H groups in total. The number of nitrogens with zero attached hydrogens (tertiary/aromatic N) is 4. The first kappa shape index (κ1) is 21.8. The number of hydrogen-bond acceptors (Lipinski definition) is 8. The average Bonchev–Trinajstić information content (AvgIpc) is 2.82. The van der Waals surface area contributed by atoms with Crippen molar-refractivity contribution in [3.63, 3.8) is 0 Å². The van der Waals surface area contributed by atoms with Gasteiger partial charge in [-0.2, -0.15) is 20.1 Å². The molecular formula is C25H25N7O. The number of ether oxygens (including phenoxy) is 1. The van der Waals surface area contributed by atoms with Gasteiger partial charge in [-0.15, -0.1) is 0 Å². The summed E-state index contributed by atoms with van der Waals surface area (Å²) in [6, 6.07) is 23.5. The highest BCUT2D eigenvalue weighted by molar-refractivity contribution is 5.83. The fourth-order valence-electron chi connectivity index (χ4n) is 3.20. The van der Waals surface area contributed by atoms with E-state index in [1.165, 1.54) is 5.56 Å². The van der Waals surface area contributed by atoms with Crippen LogP contribution in [0.5, 0.6) is 5.75 Å². The maximum atomic E-state index is 5.36. The van der Waals surface area contributed by atoms with Crippen LogP contribution < -0.4 is 20.8 Å². The number of aromatic nitrogens is 3. The van der Waals surface area contributed by atoms with Gasteiger partial charge in [-0.1, -0.05) is 48.0 Å². The topological polar surface area (TPSA) is 96.4 Å². The quantitative estimate of drug-likeness (QED) is 0.249. The van der Waals surface area contributed by atoms with Crippen molar-refractivity contribution in [2.75, 3.05) is 23.2 Å². The predicted octanol–water partition coefficient (Wildman–Crippen LogP) is 5.43. The number of hydrazone groups is 1. The Balaban J connectivity index is 1.61. The molecule has 0 aliphatic rings. The number of hydrogen-bond donors (Lipinski definition) is 3. The molecule has 0 saturated heterocycles. The highest BCUT2D eigenvalue weighted by Gasteiger charge is 2.09. The molecule has 33 heavy (non-hydrogen) atoms. The number of para-hydroxylation sites is 2. The van der Waals surface area contributed by atoms with Crippen molar-refractivity contribution in [2.24, 2.45) is 5.10 Å². The largest absolute Gasteiger partial charge is 0.496 e. The number of methoxy groups -OCH3 is 1. The van der Waals surface area contributed by atoms with Crippen LogP contribution in [0.4, 0.5) is 29.2 Å². The summed E-state index contributed by atoms with van der Waals surface area (Å²) in [6.45, 7) is 4.10. The maximum absolute atomic E-state index is 5.36. The third-order valence-corrected chi connectivity index (χ3v) is 4.80. The van der Waals surface area contributed by atoms with E-state index in [0.29, 0.717) is 17.8 Å². The van der Waals surface area contributed by atoms with Gasteiger partial charge in [0, 0.05) is 16.9 Å². The highest BCUT2D eigenvalue weighted by Crippen LogP contribution is 2.22. The lowest BCUT2D eigenvalue weighted by Crippen LogP contribution is -2.07. The first-order valence-corrected chi connectivity index (χ1v) is 10.5. The van der Waals surface area contributed by atoms with Crippen LogP contribution in [0.2, 0.25) is 0 Å². The zero-order chi connectivity index (χ0) is 23.0. The molecule has 0 radical (unpaired) electrons. The standard InChI is InChI=1S/C25H25N7O/c1-17-13-14-21(18(2)15-17)28-24-29-23(27-20-10-5-4-6-11-20)30-25(31-24)32-26-16-19-9-7-8-12-22(19)33-3/h4-16H,1-3H3,(H3,27,28,29,30,31,32)/b26-16+. The fraction of sp³-hybridized carbons (Fsp3) is 0.120. The summed E-state index contributed by atoms with van der Waals surface area (Å²) in [4.78, 5) is 13.5. The zero-order valence-corrected chi connectivity index (χ0v) is 18.7. The first-order valence-electron chi connectivity index (χ1n) is 10.5. The lowest BCUT2D eigenvalue weighted by Gasteiger charge is -2.12. The number of aryl methyl sites for hydroxylation is 2. The van der Waals surface area contributed by atoms with Gasteiger partial charge in [0.05, 0.1) is 13.3 Å². The molecule has 0 atom stereocenters. The van der Waals surface area contributed by atoms with Gasteiger partial charge in [0.15, 0.2) is 0 Å². The van der Waals surface area contributed by atoms with Gasteiger partial charge in [0.1, 0.15) is 5.75 Å². The molecule has 166 valence electrons. The van der Waals surface area contributed by atoms with E-state index in [1.54, 1.807) is 13.3 Å². The monoisotopic (exact) mass is 439 g/mol. The van der Waals surface area contributed by atoms with E-state index in [0.717, 1.165) is 28.3 Å². The Bertz CT molecular complexity index is 1260. The second-order valence-electron chi connectivity index (χ2n) is 7.35. The van der Waals surface area contributed by atoms with E-state index in [9.17, 15) is 0 Å². The lowest BCUT2D eigenvalue weighted by molar-refractivity contribution is 0.414. The molecule has 1 heterocycles. The molecule has 0 aliphatic carbocycles. The van der Waals surface area contributed by atoms with Crippen molar-refractivity contribution in [1.82, 2.24) is 15.0 Å². The van der Waals surface area contributed by atoms with Gasteiger partial charge in [0.25, 0.3) is 0 Å². The minimum Gasteiger partial charge on any atom is -0.496 e. The normalized spacial score (nSPS) is 10.8. The summed E-state index contributed by atoms with van der Waals surface area (Å²) in [5.41, 5.74) is 7.79. The lowest BCUT2D eigenvalue weighted by atomic mass is 10.1. The summed E-state index contributed by atoms with van der Waals surface area (Å²) in [6.07, 6.45) is 1.66. The molecule has 0 aliphatic heterocycles. The molecule has 0 fully saturated rings. The molecule has 0 spiro atoms. The Labute approximate surface area is 192 Å². The van der Waals surface area contributed by atoms with Gasteiger partial charge in [-0.25, -0.2) is 5.43 Å². The van der Waals surface area contributed by atoms with Crippen molar-refractivity contribution < 1.29 is 4.74 Å². The van der Waals surface area contributed by atoms with E-state index in [1.807, 2.05) is 73.7 Å². The van der Waals surface area contributed by atoms with Gasteiger partial charge >= 0.3 is 0 Å². The maximum Gasteiger partial charge on any atom is 0.250 e. The predicted molar refractivity (Wildman–Crippen MR) is 133 cm³/mol. The minimum atomic E-state index is 0.293. The van der Waals surface area contributed by atoms with E-state index in [4.69, 9.17) is 4.74 Å². The molecule has 4 rings (SSSR count). The van der Waals surface area contributed by atoms with Crippen LogP contribution in [0.15, 0.2) is 77.9 Å². The number of benzene rings is 3. The molecule has 8 heteroatoms. The molecule has 1 aromatic heterocycles. The Kier molecular flexibility index (Phi) is 6.75. The zero-order valence-electron chi connectivity index (χ0n) is 18.7. The highest BCUT2D eigenvalue weighted by atomic mass is 16.5. The third-order valence-electron chi connectivity index (χ3n) is 4.80. The molecule has 0 unspecified atom stereocenters. The van der Waals surface area contributed by atoms with Crippen LogP contribution in [0.3, 0.4) is 0 Å². The Hall–Kier alpha value is -4.46. The molecule has 0 amide bonds. The molecule has 8 nitrogen and oxygen atoms in total. The second kappa shape index (κ2) is 10.2. The van der Waals surface area contributed by atoms with Gasteiger partial charge in [0.2, 0.25) is 17.8 Å². The van der Waals surface area contributed by atoms with Crippen LogP contribution in [-0.4, -0.2) is 28.3 Å². The van der Waals surface area contributed by atoms with Crippen molar-refractivity contribution >= 4 is 35.4 Å². The van der Waals surface area contributed by atoms with Crippen molar-refractivity contribution in [1.29, 1.82) is 0 Å². The summed E-state index contributed by atoms with van der Waals surface area (Å²) in [7, 11) is 1.62. The second-order valence-corrected chi connectivity index (χ2v) is 7.35. The van der Waals surface area contributed by atoms with Crippen molar-refractivity contribution in [3.05, 3.63) is 89.5 Å². The van der Waals surface area contributed by atoms with Crippen molar-refractivity contribution in [3.8, 4) is 5.75 Å². The molecule has 4 aromatic rings. The van der Waals surface area contributed by atoms with Crippen LogP contribution >= 0.6 is 0 Å². The summed E-state index contributed by atoms with van der Waals surface area (Å²) in [5, 5.41) is 10.8. The average molecular weight is 440 g/mol. The van der Waals surface area contributed by atoms with Gasteiger partial charge in [-0.05, 0) is 49.7 Å². The molecule has 0 bridgehead atoms. The van der Waals surface area contributed by atoms with Gasteiger partial charge < -0.3 is 15.4 Å². The Morgan fingerprint density at radius 1 is 0.788 bits per heavy atom. The van der Waals surface area contributed by atoms with Crippen LogP contribution in [-0.2, 0) is 0 Å². The smallest absolute Gasteiger partial charge is 0.250 e. The van der Waals surface area contributed by atoms with Crippen LogP contribution in [0.1, 0.15) is 16.7 Å². The van der Waals surface area contributed by atoms with E-state index < -0.39 is 0 Å². The number of nitrogens with one attached hydrogen (secondary N) is 3. The summed E-state index contributed by atoms with van der Waals surface area (Å²) < 4.78 is 5.36. The van der Waals surface area contributed by atoms with E-state index >= 15 is 0 Å². The van der Waals surface area contributed by atoms with Crippen LogP contribution in [0.25, 0.3) is 0 Å². The fourth-order valence-corrected chi connectivity index (χ4v) is 3.20. The number of anilines is 5. The van der Waals surface area contributed by atoms with Gasteiger partial charge in [-0.3, -0.25) is 0 Å². The molecular weight excluding hydrogens is 414 g/mol. The summed E-state index contributed by atoms with van der Waals surface area (Å²) in [5.74, 6) is 1.80. The first-order chi connectivity index (χ1) is 16.1. The Morgan fingerprint density at radius 3 is 2.24 bits per heavy atom. The molecule has 0 saturated carbocycles. The third kappa shape index (κ3) is 5.82. The minimum absolute atomic E-state index is 0.293. The number of rotatable bonds is 8. The Morgan fingerprint density at radius 2 is 1.48 bits per heavy atom.